The second kappa shape index (κ2) is 10.6. The number of ether oxygens (including phenoxy) is 1. The van der Waals surface area contributed by atoms with Gasteiger partial charge in [0.15, 0.2) is 0 Å². The van der Waals surface area contributed by atoms with Crippen molar-refractivity contribution >= 4 is 33.6 Å². The molecule has 8 nitrogen and oxygen atoms in total. The van der Waals surface area contributed by atoms with Gasteiger partial charge in [0.25, 0.3) is 21.8 Å². The highest BCUT2D eigenvalue weighted by Crippen LogP contribution is 2.20. The lowest BCUT2D eigenvalue weighted by molar-refractivity contribution is -0.117. The molecule has 0 aliphatic rings. The van der Waals surface area contributed by atoms with Crippen molar-refractivity contribution in [1.82, 2.24) is 10.9 Å². The van der Waals surface area contributed by atoms with E-state index in [0.29, 0.717) is 11.4 Å². The number of sulfonamides is 1. The first kappa shape index (κ1) is 24.4. The SMILES string of the molecule is COc1ccc(NS(=O)(=O)c2cccc(C(=O)NNC(=O)/C=C/c3c(F)cccc3F)c2)cc1. The van der Waals surface area contributed by atoms with Gasteiger partial charge >= 0.3 is 0 Å². The minimum atomic E-state index is -4.01. The number of nitrogens with one attached hydrogen (secondary N) is 3. The van der Waals surface area contributed by atoms with Crippen molar-refractivity contribution in [3.05, 3.63) is 95.6 Å². The van der Waals surface area contributed by atoms with Crippen molar-refractivity contribution in [1.29, 1.82) is 0 Å². The summed E-state index contributed by atoms with van der Waals surface area (Å²) in [6, 6.07) is 14.6. The lowest BCUT2D eigenvalue weighted by Gasteiger charge is -2.10. The monoisotopic (exact) mass is 487 g/mol. The average molecular weight is 487 g/mol. The number of amides is 2. The number of benzene rings is 3. The van der Waals surface area contributed by atoms with E-state index in [1.54, 1.807) is 12.1 Å². The Morgan fingerprint density at radius 3 is 2.21 bits per heavy atom. The van der Waals surface area contributed by atoms with E-state index >= 15 is 0 Å². The lowest BCUT2D eigenvalue weighted by atomic mass is 10.2. The first-order valence-corrected chi connectivity index (χ1v) is 11.2. The molecule has 176 valence electrons. The van der Waals surface area contributed by atoms with Gasteiger partial charge in [-0.05, 0) is 60.7 Å². The van der Waals surface area contributed by atoms with Gasteiger partial charge in [0, 0.05) is 22.9 Å². The van der Waals surface area contributed by atoms with Crippen LogP contribution >= 0.6 is 0 Å². The predicted molar refractivity (Wildman–Crippen MR) is 121 cm³/mol. The summed E-state index contributed by atoms with van der Waals surface area (Å²) in [4.78, 5) is 24.0. The third-order valence-electron chi connectivity index (χ3n) is 4.45. The van der Waals surface area contributed by atoms with Crippen molar-refractivity contribution < 1.29 is 31.5 Å². The maximum atomic E-state index is 13.6. The Labute approximate surface area is 194 Å². The first-order valence-electron chi connectivity index (χ1n) is 9.69. The fourth-order valence-electron chi connectivity index (χ4n) is 2.74. The molecule has 0 fully saturated rings. The zero-order valence-electron chi connectivity index (χ0n) is 17.7. The van der Waals surface area contributed by atoms with E-state index in [4.69, 9.17) is 4.74 Å². The maximum absolute atomic E-state index is 13.6. The number of hydrogen-bond acceptors (Lipinski definition) is 5. The van der Waals surface area contributed by atoms with Gasteiger partial charge in [-0.25, -0.2) is 17.2 Å². The molecular weight excluding hydrogens is 468 g/mol. The van der Waals surface area contributed by atoms with Crippen LogP contribution in [0.2, 0.25) is 0 Å². The highest BCUT2D eigenvalue weighted by molar-refractivity contribution is 7.92. The van der Waals surface area contributed by atoms with Gasteiger partial charge in [0.2, 0.25) is 0 Å². The van der Waals surface area contributed by atoms with Crippen molar-refractivity contribution in [2.45, 2.75) is 4.90 Å². The number of carbonyl (C=O) groups is 2. The number of rotatable bonds is 7. The van der Waals surface area contributed by atoms with Crippen molar-refractivity contribution in [3.8, 4) is 5.75 Å². The molecule has 3 aromatic rings. The smallest absolute Gasteiger partial charge is 0.269 e. The minimum Gasteiger partial charge on any atom is -0.497 e. The molecule has 0 heterocycles. The molecule has 3 rings (SSSR count). The van der Waals surface area contributed by atoms with Crippen LogP contribution in [-0.4, -0.2) is 27.3 Å². The third kappa shape index (κ3) is 6.17. The maximum Gasteiger partial charge on any atom is 0.269 e. The third-order valence-corrected chi connectivity index (χ3v) is 5.83. The molecule has 0 aliphatic heterocycles. The largest absolute Gasteiger partial charge is 0.497 e. The normalized spacial score (nSPS) is 11.1. The van der Waals surface area contributed by atoms with Crippen LogP contribution in [0.3, 0.4) is 0 Å². The summed E-state index contributed by atoms with van der Waals surface area (Å²) >= 11 is 0. The van der Waals surface area contributed by atoms with E-state index in [1.807, 2.05) is 0 Å². The van der Waals surface area contributed by atoms with E-state index in [0.717, 1.165) is 30.4 Å². The molecule has 0 atom stereocenters. The topological polar surface area (TPSA) is 114 Å². The van der Waals surface area contributed by atoms with Crippen LogP contribution in [0.15, 0.2) is 77.7 Å². The van der Waals surface area contributed by atoms with Crippen molar-refractivity contribution in [3.63, 3.8) is 0 Å². The van der Waals surface area contributed by atoms with Crippen molar-refractivity contribution in [2.75, 3.05) is 11.8 Å². The molecule has 34 heavy (non-hydrogen) atoms. The molecule has 0 aliphatic carbocycles. The molecule has 11 heteroatoms. The molecule has 3 aromatic carbocycles. The molecule has 2 amide bonds. The van der Waals surface area contributed by atoms with Crippen LogP contribution < -0.4 is 20.3 Å². The summed E-state index contributed by atoms with van der Waals surface area (Å²) in [5, 5.41) is 0. The number of methoxy groups -OCH3 is 1. The van der Waals surface area contributed by atoms with Crippen LogP contribution in [0.5, 0.6) is 5.75 Å². The zero-order valence-corrected chi connectivity index (χ0v) is 18.5. The van der Waals surface area contributed by atoms with E-state index in [9.17, 15) is 26.8 Å². The van der Waals surface area contributed by atoms with Crippen LogP contribution in [0.1, 0.15) is 15.9 Å². The zero-order chi connectivity index (χ0) is 24.7. The van der Waals surface area contributed by atoms with Crippen molar-refractivity contribution in [2.24, 2.45) is 0 Å². The highest BCUT2D eigenvalue weighted by atomic mass is 32.2. The Morgan fingerprint density at radius 2 is 1.56 bits per heavy atom. The molecule has 0 saturated carbocycles. The molecule has 0 aromatic heterocycles. The van der Waals surface area contributed by atoms with E-state index < -0.39 is 39.0 Å². The second-order valence-electron chi connectivity index (χ2n) is 6.77. The van der Waals surface area contributed by atoms with E-state index in [2.05, 4.69) is 15.6 Å². The van der Waals surface area contributed by atoms with Gasteiger partial charge in [0.05, 0.1) is 12.0 Å². The standard InChI is InChI=1S/C23H19F2N3O5S/c1-33-17-10-8-16(9-11-17)28-34(31,32)18-5-2-4-15(14-18)23(30)27-26-22(29)13-12-19-20(24)6-3-7-21(19)25/h2-14,28H,1H3,(H,26,29)(H,27,30)/b13-12+. The second-order valence-corrected chi connectivity index (χ2v) is 8.46. The Morgan fingerprint density at radius 1 is 0.912 bits per heavy atom. The van der Waals surface area contributed by atoms with Gasteiger partial charge in [-0.3, -0.25) is 25.2 Å². The van der Waals surface area contributed by atoms with Gasteiger partial charge in [-0.1, -0.05) is 12.1 Å². The fraction of sp³-hybridized carbons (Fsp3) is 0.0435. The molecule has 3 N–H and O–H groups in total. The number of carbonyl (C=O) groups excluding carboxylic acids is 2. The molecule has 0 spiro atoms. The Hall–Kier alpha value is -4.25. The van der Waals surface area contributed by atoms with Gasteiger partial charge in [-0.2, -0.15) is 0 Å². The summed E-state index contributed by atoms with van der Waals surface area (Å²) in [7, 11) is -2.52. The summed E-state index contributed by atoms with van der Waals surface area (Å²) in [5.74, 6) is -2.82. The van der Waals surface area contributed by atoms with E-state index in [1.165, 1.54) is 43.5 Å². The minimum absolute atomic E-state index is 0.0537. The van der Waals surface area contributed by atoms with Gasteiger partial charge < -0.3 is 4.74 Å². The number of hydrogen-bond donors (Lipinski definition) is 3. The number of anilines is 1. The van der Waals surface area contributed by atoms with E-state index in [-0.39, 0.29) is 10.5 Å². The molecule has 0 unspecified atom stereocenters. The number of hydrazine groups is 1. The summed E-state index contributed by atoms with van der Waals surface area (Å²) in [6.07, 6.45) is 1.76. The summed E-state index contributed by atoms with van der Waals surface area (Å²) in [6.45, 7) is 0. The summed E-state index contributed by atoms with van der Waals surface area (Å²) in [5.41, 5.74) is 3.98. The Bertz CT molecular complexity index is 1320. The highest BCUT2D eigenvalue weighted by Gasteiger charge is 2.17. The molecule has 0 bridgehead atoms. The average Bonchev–Trinajstić information content (AvgIpc) is 2.82. The van der Waals surface area contributed by atoms with Gasteiger partial charge in [0.1, 0.15) is 17.4 Å². The lowest BCUT2D eigenvalue weighted by Crippen LogP contribution is -2.40. The Balaban J connectivity index is 1.64. The number of halogens is 2. The quantitative estimate of drug-likeness (QED) is 0.350. The van der Waals surface area contributed by atoms with Crippen LogP contribution in [0.25, 0.3) is 6.08 Å². The Kier molecular flexibility index (Phi) is 7.59. The predicted octanol–water partition coefficient (Wildman–Crippen LogP) is 3.25. The van der Waals surface area contributed by atoms with Crippen LogP contribution in [0.4, 0.5) is 14.5 Å². The molecule has 0 saturated heterocycles. The van der Waals surface area contributed by atoms with Gasteiger partial charge in [-0.15, -0.1) is 0 Å². The summed E-state index contributed by atoms with van der Waals surface area (Å²) < 4.78 is 59.9. The van der Waals surface area contributed by atoms with Crippen LogP contribution in [0, 0.1) is 11.6 Å². The molecule has 0 radical (unpaired) electrons. The molecular formula is C23H19F2N3O5S. The van der Waals surface area contributed by atoms with Crippen LogP contribution in [-0.2, 0) is 14.8 Å². The fourth-order valence-corrected chi connectivity index (χ4v) is 3.84. The first-order chi connectivity index (χ1) is 16.2.